The molecular formula is C13H17BrO4. The summed E-state index contributed by atoms with van der Waals surface area (Å²) in [5.41, 5.74) is 0.151. The highest BCUT2D eigenvalue weighted by molar-refractivity contribution is 9.10. The molecule has 0 amide bonds. The number of halogens is 1. The summed E-state index contributed by atoms with van der Waals surface area (Å²) in [7, 11) is 0. The average Bonchev–Trinajstić information content (AvgIpc) is 2.34. The molecule has 0 aliphatic carbocycles. The van der Waals surface area contributed by atoms with Gasteiger partial charge in [-0.15, -0.1) is 0 Å². The minimum atomic E-state index is -1.00. The van der Waals surface area contributed by atoms with Crippen LogP contribution in [-0.4, -0.2) is 30.9 Å². The van der Waals surface area contributed by atoms with Crippen molar-refractivity contribution < 1.29 is 19.4 Å². The van der Waals surface area contributed by atoms with Gasteiger partial charge in [0.05, 0.1) is 11.1 Å². The maximum atomic E-state index is 11.0. The van der Waals surface area contributed by atoms with Crippen LogP contribution in [0.5, 0.6) is 5.75 Å². The maximum Gasteiger partial charge on any atom is 0.339 e. The fourth-order valence-corrected chi connectivity index (χ4v) is 1.86. The topological polar surface area (TPSA) is 55.8 Å². The van der Waals surface area contributed by atoms with Gasteiger partial charge >= 0.3 is 5.97 Å². The van der Waals surface area contributed by atoms with E-state index in [4.69, 9.17) is 14.6 Å². The molecule has 4 nitrogen and oxygen atoms in total. The van der Waals surface area contributed by atoms with Gasteiger partial charge in [0, 0.05) is 6.61 Å². The lowest BCUT2D eigenvalue weighted by Gasteiger charge is -2.11. The zero-order valence-electron chi connectivity index (χ0n) is 10.3. The lowest BCUT2D eigenvalue weighted by atomic mass is 10.2. The molecule has 0 aliphatic heterocycles. The molecule has 0 aliphatic rings. The first-order valence-corrected chi connectivity index (χ1v) is 6.68. The van der Waals surface area contributed by atoms with Crippen molar-refractivity contribution in [3.63, 3.8) is 0 Å². The van der Waals surface area contributed by atoms with E-state index in [-0.39, 0.29) is 5.56 Å². The van der Waals surface area contributed by atoms with Gasteiger partial charge in [-0.1, -0.05) is 19.4 Å². The molecule has 0 aromatic heterocycles. The van der Waals surface area contributed by atoms with Gasteiger partial charge in [0.25, 0.3) is 0 Å². The van der Waals surface area contributed by atoms with Gasteiger partial charge in [-0.25, -0.2) is 4.79 Å². The average molecular weight is 317 g/mol. The smallest absolute Gasteiger partial charge is 0.339 e. The third-order valence-corrected chi connectivity index (χ3v) is 2.94. The van der Waals surface area contributed by atoms with E-state index in [0.29, 0.717) is 30.0 Å². The predicted molar refractivity (Wildman–Crippen MR) is 72.3 cm³/mol. The molecule has 0 unspecified atom stereocenters. The normalized spacial score (nSPS) is 10.3. The lowest BCUT2D eigenvalue weighted by Crippen LogP contribution is -2.10. The molecule has 0 saturated carbocycles. The van der Waals surface area contributed by atoms with Crippen LogP contribution in [0.4, 0.5) is 0 Å². The van der Waals surface area contributed by atoms with Gasteiger partial charge in [-0.3, -0.25) is 0 Å². The third kappa shape index (κ3) is 4.66. The fraction of sp³-hybridized carbons (Fsp3) is 0.462. The molecule has 0 atom stereocenters. The van der Waals surface area contributed by atoms with Gasteiger partial charge in [-0.2, -0.15) is 0 Å². The van der Waals surface area contributed by atoms with Crippen molar-refractivity contribution in [2.45, 2.75) is 19.8 Å². The van der Waals surface area contributed by atoms with Crippen molar-refractivity contribution in [2.24, 2.45) is 0 Å². The number of hydrogen-bond acceptors (Lipinski definition) is 3. The summed E-state index contributed by atoms with van der Waals surface area (Å²) < 4.78 is 11.4. The molecule has 1 aromatic carbocycles. The highest BCUT2D eigenvalue weighted by Gasteiger charge is 2.13. The van der Waals surface area contributed by atoms with Crippen molar-refractivity contribution in [1.82, 2.24) is 0 Å². The summed E-state index contributed by atoms with van der Waals surface area (Å²) in [4.78, 5) is 11.0. The summed E-state index contributed by atoms with van der Waals surface area (Å²) >= 11 is 3.28. The zero-order chi connectivity index (χ0) is 13.4. The van der Waals surface area contributed by atoms with E-state index in [9.17, 15) is 4.79 Å². The highest BCUT2D eigenvalue weighted by Crippen LogP contribution is 2.28. The van der Waals surface area contributed by atoms with E-state index >= 15 is 0 Å². The molecule has 5 heteroatoms. The Morgan fingerprint density at radius 3 is 2.78 bits per heavy atom. The lowest BCUT2D eigenvalue weighted by molar-refractivity contribution is 0.0684. The molecule has 0 fully saturated rings. The van der Waals surface area contributed by atoms with Crippen molar-refractivity contribution in [2.75, 3.05) is 19.8 Å². The van der Waals surface area contributed by atoms with E-state index in [1.165, 1.54) is 6.07 Å². The van der Waals surface area contributed by atoms with Gasteiger partial charge in [0.1, 0.15) is 17.9 Å². The second-order valence-electron chi connectivity index (χ2n) is 3.74. The molecule has 0 heterocycles. The van der Waals surface area contributed by atoms with Gasteiger partial charge in [0.15, 0.2) is 0 Å². The van der Waals surface area contributed by atoms with E-state index in [1.54, 1.807) is 12.1 Å². The Morgan fingerprint density at radius 2 is 2.11 bits per heavy atom. The third-order valence-electron chi connectivity index (χ3n) is 2.31. The Kier molecular flexibility index (Phi) is 6.75. The van der Waals surface area contributed by atoms with Crippen LogP contribution < -0.4 is 4.74 Å². The van der Waals surface area contributed by atoms with E-state index in [1.807, 2.05) is 0 Å². The molecule has 0 spiro atoms. The number of hydrogen-bond donors (Lipinski definition) is 1. The summed E-state index contributed by atoms with van der Waals surface area (Å²) in [6.07, 6.45) is 2.11. The number of unbranched alkanes of at least 4 members (excludes halogenated alkanes) is 1. The molecule has 1 rings (SSSR count). The van der Waals surface area contributed by atoms with Crippen molar-refractivity contribution in [3.8, 4) is 5.75 Å². The van der Waals surface area contributed by atoms with Crippen molar-refractivity contribution >= 4 is 21.9 Å². The van der Waals surface area contributed by atoms with Crippen LogP contribution in [0, 0.1) is 0 Å². The van der Waals surface area contributed by atoms with Crippen LogP contribution in [-0.2, 0) is 4.74 Å². The number of benzene rings is 1. The van der Waals surface area contributed by atoms with Crippen molar-refractivity contribution in [1.29, 1.82) is 0 Å². The van der Waals surface area contributed by atoms with Gasteiger partial charge < -0.3 is 14.6 Å². The van der Waals surface area contributed by atoms with Crippen LogP contribution in [0.2, 0.25) is 0 Å². The number of carboxylic acids is 1. The minimum absolute atomic E-state index is 0.151. The highest BCUT2D eigenvalue weighted by atomic mass is 79.9. The zero-order valence-corrected chi connectivity index (χ0v) is 11.9. The molecule has 1 aromatic rings. The van der Waals surface area contributed by atoms with E-state index in [0.717, 1.165) is 12.8 Å². The van der Waals surface area contributed by atoms with Crippen LogP contribution in [0.25, 0.3) is 0 Å². The number of para-hydroxylation sites is 1. The minimum Gasteiger partial charge on any atom is -0.489 e. The first-order chi connectivity index (χ1) is 8.66. The van der Waals surface area contributed by atoms with Crippen LogP contribution in [0.3, 0.4) is 0 Å². The summed E-state index contributed by atoms with van der Waals surface area (Å²) in [6, 6.07) is 4.93. The second-order valence-corrected chi connectivity index (χ2v) is 4.59. The first kappa shape index (κ1) is 15.0. The second kappa shape index (κ2) is 8.11. The molecule has 18 heavy (non-hydrogen) atoms. The fourth-order valence-electron chi connectivity index (χ4n) is 1.38. The largest absolute Gasteiger partial charge is 0.489 e. The van der Waals surface area contributed by atoms with Crippen molar-refractivity contribution in [3.05, 3.63) is 28.2 Å². The van der Waals surface area contributed by atoms with Crippen LogP contribution in [0.15, 0.2) is 22.7 Å². The standard InChI is InChI=1S/C13H17BrO4/c1-2-3-7-17-8-9-18-12-10(13(15)16)5-4-6-11(12)14/h4-6H,2-3,7-9H2,1H3,(H,15,16). The molecular weight excluding hydrogens is 300 g/mol. The SMILES string of the molecule is CCCCOCCOc1c(Br)cccc1C(=O)O. The number of ether oxygens (including phenoxy) is 2. The van der Waals surface area contributed by atoms with Gasteiger partial charge in [0.2, 0.25) is 0 Å². The van der Waals surface area contributed by atoms with E-state index < -0.39 is 5.97 Å². The molecule has 0 radical (unpaired) electrons. The van der Waals surface area contributed by atoms with E-state index in [2.05, 4.69) is 22.9 Å². The Morgan fingerprint density at radius 1 is 1.33 bits per heavy atom. The predicted octanol–water partition coefficient (Wildman–Crippen LogP) is 3.34. The van der Waals surface area contributed by atoms with Crippen LogP contribution >= 0.6 is 15.9 Å². The molecule has 0 bridgehead atoms. The molecule has 100 valence electrons. The van der Waals surface area contributed by atoms with Crippen LogP contribution in [0.1, 0.15) is 30.1 Å². The quantitative estimate of drug-likeness (QED) is 0.747. The number of rotatable bonds is 8. The Balaban J connectivity index is 2.48. The molecule has 1 N–H and O–H groups in total. The number of carbonyl (C=O) groups is 1. The first-order valence-electron chi connectivity index (χ1n) is 5.89. The summed E-state index contributed by atoms with van der Waals surface area (Å²) in [5, 5.41) is 9.03. The summed E-state index contributed by atoms with van der Waals surface area (Å²) in [5.74, 6) is -0.651. The Labute approximate surface area is 115 Å². The molecule has 0 saturated heterocycles. The summed E-state index contributed by atoms with van der Waals surface area (Å²) in [6.45, 7) is 3.61. The monoisotopic (exact) mass is 316 g/mol. The Bertz CT molecular complexity index is 393. The number of carboxylic acid groups (broad SMARTS) is 1. The Hall–Kier alpha value is -1.07. The number of aromatic carboxylic acids is 1. The maximum absolute atomic E-state index is 11.0. The van der Waals surface area contributed by atoms with Gasteiger partial charge in [-0.05, 0) is 34.5 Å².